The smallest absolute Gasteiger partial charge is 0.350 e. The highest BCUT2D eigenvalue weighted by molar-refractivity contribution is 7.12. The second-order valence-electron chi connectivity index (χ2n) is 6.31. The van der Waals surface area contributed by atoms with Gasteiger partial charge in [-0.25, -0.2) is 4.79 Å². The Hall–Kier alpha value is -2.01. The van der Waals surface area contributed by atoms with E-state index in [0.717, 1.165) is 24.4 Å². The largest absolute Gasteiger partial charge is 0.481 e. The zero-order valence-corrected chi connectivity index (χ0v) is 16.0. The number of ether oxygens (including phenoxy) is 1. The SMILES string of the molecule is COC(=O)c1sccc1NC(=O)C[C@H](CN1CCN(CCO)CC1)C(=O)O. The summed E-state index contributed by atoms with van der Waals surface area (Å²) in [5, 5.41) is 22.7. The Labute approximate surface area is 161 Å². The fourth-order valence-corrected chi connectivity index (χ4v) is 3.73. The first-order valence-electron chi connectivity index (χ1n) is 8.68. The molecule has 1 aliphatic rings. The van der Waals surface area contributed by atoms with Crippen LogP contribution in [-0.4, -0.2) is 90.8 Å². The summed E-state index contributed by atoms with van der Waals surface area (Å²) in [6, 6.07) is 1.59. The Morgan fingerprint density at radius 2 is 1.93 bits per heavy atom. The van der Waals surface area contributed by atoms with Gasteiger partial charge in [0.15, 0.2) is 0 Å². The third-order valence-electron chi connectivity index (χ3n) is 4.45. The maximum atomic E-state index is 12.3. The van der Waals surface area contributed by atoms with Crippen LogP contribution in [0, 0.1) is 5.92 Å². The van der Waals surface area contributed by atoms with Gasteiger partial charge in [0.25, 0.3) is 0 Å². The van der Waals surface area contributed by atoms with Gasteiger partial charge >= 0.3 is 11.9 Å². The minimum absolute atomic E-state index is 0.105. The van der Waals surface area contributed by atoms with E-state index in [-0.39, 0.29) is 24.4 Å². The van der Waals surface area contributed by atoms with E-state index in [1.54, 1.807) is 11.4 Å². The summed E-state index contributed by atoms with van der Waals surface area (Å²) in [5.74, 6) is -2.86. The quantitative estimate of drug-likeness (QED) is 0.503. The molecule has 150 valence electrons. The van der Waals surface area contributed by atoms with Gasteiger partial charge in [0.1, 0.15) is 4.88 Å². The van der Waals surface area contributed by atoms with Crippen LogP contribution in [0.4, 0.5) is 5.69 Å². The van der Waals surface area contributed by atoms with Gasteiger partial charge < -0.3 is 20.3 Å². The standard InChI is InChI=1S/C17H25N3O6S/c1-26-17(25)15-13(2-9-27-15)18-14(22)10-12(16(23)24)11-20-5-3-19(4-6-20)7-8-21/h2,9,12,21H,3-8,10-11H2,1H3,(H,18,22)(H,23,24)/t12-/m1/s1. The highest BCUT2D eigenvalue weighted by Crippen LogP contribution is 2.23. The zero-order chi connectivity index (χ0) is 19.8. The molecule has 0 aliphatic carbocycles. The first-order chi connectivity index (χ1) is 12.9. The lowest BCUT2D eigenvalue weighted by Crippen LogP contribution is -2.49. The fourth-order valence-electron chi connectivity index (χ4n) is 2.96. The lowest BCUT2D eigenvalue weighted by molar-refractivity contribution is -0.144. The summed E-state index contributed by atoms with van der Waals surface area (Å²) in [7, 11) is 1.26. The summed E-state index contributed by atoms with van der Waals surface area (Å²) in [5.41, 5.74) is 0.332. The number of amides is 1. The number of aliphatic hydroxyl groups excluding tert-OH is 1. The number of β-amino-alcohol motifs (C(OH)–C–C–N with tert-alkyl or cyclic N) is 1. The van der Waals surface area contributed by atoms with Crippen molar-refractivity contribution in [2.24, 2.45) is 5.92 Å². The van der Waals surface area contributed by atoms with Crippen molar-refractivity contribution in [3.8, 4) is 0 Å². The molecule has 0 spiro atoms. The number of piperazine rings is 1. The van der Waals surface area contributed by atoms with Crippen LogP contribution in [-0.2, 0) is 14.3 Å². The van der Waals surface area contributed by atoms with E-state index >= 15 is 0 Å². The molecule has 1 aromatic rings. The van der Waals surface area contributed by atoms with Gasteiger partial charge in [-0.15, -0.1) is 11.3 Å². The number of hydrogen-bond donors (Lipinski definition) is 3. The number of aliphatic carboxylic acids is 1. The topological polar surface area (TPSA) is 119 Å². The lowest BCUT2D eigenvalue weighted by Gasteiger charge is -2.35. The molecule has 0 aromatic carbocycles. The fraction of sp³-hybridized carbons (Fsp3) is 0.588. The number of anilines is 1. The highest BCUT2D eigenvalue weighted by Gasteiger charge is 2.27. The number of hydrogen-bond acceptors (Lipinski definition) is 8. The third-order valence-corrected chi connectivity index (χ3v) is 5.35. The van der Waals surface area contributed by atoms with E-state index in [2.05, 4.69) is 15.0 Å². The first kappa shape index (κ1) is 21.3. The molecule has 9 nitrogen and oxygen atoms in total. The average molecular weight is 399 g/mol. The van der Waals surface area contributed by atoms with Crippen LogP contribution < -0.4 is 5.32 Å². The second-order valence-corrected chi connectivity index (χ2v) is 7.22. The molecular formula is C17H25N3O6S. The van der Waals surface area contributed by atoms with Crippen LogP contribution in [0.3, 0.4) is 0 Å². The number of rotatable bonds is 9. The van der Waals surface area contributed by atoms with E-state index in [1.807, 2.05) is 4.90 Å². The Kier molecular flexibility index (Phi) is 8.17. The Bertz CT molecular complexity index is 657. The van der Waals surface area contributed by atoms with Crippen LogP contribution in [0.15, 0.2) is 11.4 Å². The molecule has 1 aliphatic heterocycles. The molecule has 0 bridgehead atoms. The number of esters is 1. The van der Waals surface area contributed by atoms with Gasteiger partial charge in [0, 0.05) is 45.7 Å². The van der Waals surface area contributed by atoms with Gasteiger partial charge in [-0.2, -0.15) is 0 Å². The molecule has 2 heterocycles. The first-order valence-corrected chi connectivity index (χ1v) is 9.56. The second kappa shape index (κ2) is 10.4. The number of carboxylic acids is 1. The molecule has 1 saturated heterocycles. The van der Waals surface area contributed by atoms with Crippen LogP contribution in [0.2, 0.25) is 0 Å². The van der Waals surface area contributed by atoms with Crippen LogP contribution >= 0.6 is 11.3 Å². The molecule has 0 saturated carbocycles. The van der Waals surface area contributed by atoms with Gasteiger partial charge in [-0.05, 0) is 11.4 Å². The molecule has 10 heteroatoms. The van der Waals surface area contributed by atoms with Crippen molar-refractivity contribution in [1.82, 2.24) is 9.80 Å². The molecule has 0 unspecified atom stereocenters. The molecule has 2 rings (SSSR count). The number of methoxy groups -OCH3 is 1. The Morgan fingerprint density at radius 1 is 1.26 bits per heavy atom. The molecule has 1 aromatic heterocycles. The molecular weight excluding hydrogens is 374 g/mol. The molecule has 27 heavy (non-hydrogen) atoms. The number of aliphatic hydroxyl groups is 1. The average Bonchev–Trinajstić information content (AvgIpc) is 3.10. The summed E-state index contributed by atoms with van der Waals surface area (Å²) < 4.78 is 4.66. The van der Waals surface area contributed by atoms with E-state index in [4.69, 9.17) is 5.11 Å². The van der Waals surface area contributed by atoms with Gasteiger partial charge in [0.2, 0.25) is 5.91 Å². The number of carbonyl (C=O) groups excluding carboxylic acids is 2. The van der Waals surface area contributed by atoms with Gasteiger partial charge in [-0.1, -0.05) is 0 Å². The summed E-state index contributed by atoms with van der Waals surface area (Å²) in [6.45, 7) is 3.91. The molecule has 0 radical (unpaired) electrons. The highest BCUT2D eigenvalue weighted by atomic mass is 32.1. The predicted molar refractivity (Wildman–Crippen MR) is 100.0 cm³/mol. The minimum atomic E-state index is -1.03. The monoisotopic (exact) mass is 399 g/mol. The minimum Gasteiger partial charge on any atom is -0.481 e. The maximum Gasteiger partial charge on any atom is 0.350 e. The Morgan fingerprint density at radius 3 is 2.52 bits per heavy atom. The van der Waals surface area contributed by atoms with Crippen LogP contribution in [0.25, 0.3) is 0 Å². The molecule has 1 fully saturated rings. The predicted octanol–water partition coefficient (Wildman–Crippen LogP) is 0.174. The van der Waals surface area contributed by atoms with Crippen molar-refractivity contribution in [3.05, 3.63) is 16.3 Å². The number of nitrogens with one attached hydrogen (secondary N) is 1. The lowest BCUT2D eigenvalue weighted by atomic mass is 10.0. The van der Waals surface area contributed by atoms with E-state index in [0.29, 0.717) is 25.3 Å². The van der Waals surface area contributed by atoms with E-state index in [1.165, 1.54) is 7.11 Å². The van der Waals surface area contributed by atoms with Gasteiger partial charge in [0.05, 0.1) is 25.3 Å². The summed E-state index contributed by atoms with van der Waals surface area (Å²) >= 11 is 1.15. The summed E-state index contributed by atoms with van der Waals surface area (Å²) in [4.78, 5) is 39.9. The summed E-state index contributed by atoms with van der Waals surface area (Å²) in [6.07, 6.45) is -0.178. The molecule has 3 N–H and O–H groups in total. The van der Waals surface area contributed by atoms with Crippen LogP contribution in [0.1, 0.15) is 16.1 Å². The zero-order valence-electron chi connectivity index (χ0n) is 15.2. The van der Waals surface area contributed by atoms with Crippen LogP contribution in [0.5, 0.6) is 0 Å². The van der Waals surface area contributed by atoms with Crippen molar-refractivity contribution in [1.29, 1.82) is 0 Å². The number of carbonyl (C=O) groups is 3. The van der Waals surface area contributed by atoms with Crippen molar-refractivity contribution in [3.63, 3.8) is 0 Å². The molecule has 1 amide bonds. The van der Waals surface area contributed by atoms with E-state index < -0.39 is 23.8 Å². The van der Waals surface area contributed by atoms with Crippen molar-refractivity contribution in [2.75, 3.05) is 58.3 Å². The van der Waals surface area contributed by atoms with Crippen molar-refractivity contribution >= 4 is 34.9 Å². The molecule has 1 atom stereocenters. The maximum absolute atomic E-state index is 12.3. The Balaban J connectivity index is 1.89. The van der Waals surface area contributed by atoms with E-state index in [9.17, 15) is 19.5 Å². The third kappa shape index (κ3) is 6.28. The number of carboxylic acid groups (broad SMARTS) is 1. The van der Waals surface area contributed by atoms with Crippen molar-refractivity contribution in [2.45, 2.75) is 6.42 Å². The number of thiophene rings is 1. The number of nitrogens with zero attached hydrogens (tertiary/aromatic N) is 2. The van der Waals surface area contributed by atoms with Gasteiger partial charge in [-0.3, -0.25) is 19.4 Å². The van der Waals surface area contributed by atoms with Crippen molar-refractivity contribution < 1.29 is 29.3 Å². The normalized spacial score (nSPS) is 16.7.